The van der Waals surface area contributed by atoms with E-state index in [1.54, 1.807) is 18.2 Å². The van der Waals surface area contributed by atoms with Crippen LogP contribution in [0.5, 0.6) is 0 Å². The van der Waals surface area contributed by atoms with Gasteiger partial charge in [0.2, 0.25) is 0 Å². The van der Waals surface area contributed by atoms with Crippen molar-refractivity contribution in [3.05, 3.63) is 68.1 Å². The van der Waals surface area contributed by atoms with Crippen LogP contribution in [0, 0.1) is 11.6 Å². The molecule has 0 fully saturated rings. The average molecular weight is 406 g/mol. The summed E-state index contributed by atoms with van der Waals surface area (Å²) < 4.78 is 28.3. The number of halogens is 4. The van der Waals surface area contributed by atoms with Crippen LogP contribution in [0.15, 0.2) is 45.3 Å². The van der Waals surface area contributed by atoms with Crippen LogP contribution in [0.1, 0.15) is 17.2 Å². The molecule has 6 heteroatoms. The number of nitrogens with one attached hydrogen (secondary N) is 1. The number of hydrazine groups is 1. The third-order valence-electron chi connectivity index (χ3n) is 2.97. The van der Waals surface area contributed by atoms with Crippen molar-refractivity contribution in [2.45, 2.75) is 12.5 Å². The van der Waals surface area contributed by atoms with Gasteiger partial charge in [-0.05, 0) is 47.9 Å². The van der Waals surface area contributed by atoms with Crippen LogP contribution >= 0.6 is 31.9 Å². The van der Waals surface area contributed by atoms with Crippen molar-refractivity contribution in [3.63, 3.8) is 0 Å². The van der Waals surface area contributed by atoms with Crippen molar-refractivity contribution in [2.24, 2.45) is 5.84 Å². The first-order chi connectivity index (χ1) is 9.51. The third kappa shape index (κ3) is 3.63. The van der Waals surface area contributed by atoms with E-state index in [0.29, 0.717) is 16.5 Å². The topological polar surface area (TPSA) is 38.0 Å². The second-order valence-corrected chi connectivity index (χ2v) is 6.09. The molecule has 0 aliphatic carbocycles. The summed E-state index contributed by atoms with van der Waals surface area (Å²) in [4.78, 5) is 0. The minimum absolute atomic E-state index is 0.299. The van der Waals surface area contributed by atoms with Crippen molar-refractivity contribution in [1.82, 2.24) is 5.43 Å². The standard InChI is InChI=1S/C14H12Br2F2N2/c15-9-1-4-13(18)8(5-9)6-14(20-19)11-3-2-10(17)7-12(11)16/h1-5,7,14,20H,6,19H2. The first kappa shape index (κ1) is 15.6. The van der Waals surface area contributed by atoms with Gasteiger partial charge in [0, 0.05) is 8.95 Å². The molecule has 20 heavy (non-hydrogen) atoms. The van der Waals surface area contributed by atoms with E-state index < -0.39 is 0 Å². The van der Waals surface area contributed by atoms with E-state index in [9.17, 15) is 8.78 Å². The van der Waals surface area contributed by atoms with Gasteiger partial charge in [0.1, 0.15) is 11.6 Å². The van der Waals surface area contributed by atoms with Gasteiger partial charge in [-0.15, -0.1) is 0 Å². The summed E-state index contributed by atoms with van der Waals surface area (Å²) in [5.74, 6) is 4.91. The average Bonchev–Trinajstić information content (AvgIpc) is 2.40. The normalized spacial score (nSPS) is 12.4. The van der Waals surface area contributed by atoms with Crippen LogP contribution in [0.2, 0.25) is 0 Å². The molecule has 106 valence electrons. The Morgan fingerprint density at radius 2 is 1.85 bits per heavy atom. The molecule has 1 unspecified atom stereocenters. The van der Waals surface area contributed by atoms with E-state index in [-0.39, 0.29) is 17.7 Å². The summed E-state index contributed by atoms with van der Waals surface area (Å²) >= 11 is 6.61. The Bertz CT molecular complexity index is 620. The smallest absolute Gasteiger partial charge is 0.126 e. The van der Waals surface area contributed by atoms with E-state index in [4.69, 9.17) is 5.84 Å². The van der Waals surface area contributed by atoms with Gasteiger partial charge in [-0.2, -0.15) is 0 Å². The molecule has 0 saturated carbocycles. The lowest BCUT2D eigenvalue weighted by Gasteiger charge is -2.18. The SMILES string of the molecule is NNC(Cc1cc(Br)ccc1F)c1ccc(F)cc1Br. The highest BCUT2D eigenvalue weighted by Crippen LogP contribution is 2.28. The van der Waals surface area contributed by atoms with Crippen molar-refractivity contribution >= 4 is 31.9 Å². The highest BCUT2D eigenvalue weighted by molar-refractivity contribution is 9.10. The zero-order valence-corrected chi connectivity index (χ0v) is 13.5. The molecule has 0 radical (unpaired) electrons. The van der Waals surface area contributed by atoms with Gasteiger partial charge < -0.3 is 0 Å². The summed E-state index contributed by atoms with van der Waals surface area (Å²) in [6.45, 7) is 0. The lowest BCUT2D eigenvalue weighted by Crippen LogP contribution is -2.30. The van der Waals surface area contributed by atoms with Gasteiger partial charge in [0.15, 0.2) is 0 Å². The molecule has 1 atom stereocenters. The molecule has 2 nitrogen and oxygen atoms in total. The van der Waals surface area contributed by atoms with Crippen LogP contribution in [0.3, 0.4) is 0 Å². The molecule has 0 amide bonds. The first-order valence-electron chi connectivity index (χ1n) is 5.86. The highest BCUT2D eigenvalue weighted by atomic mass is 79.9. The number of hydrogen-bond donors (Lipinski definition) is 2. The van der Waals surface area contributed by atoms with E-state index in [1.807, 2.05) is 0 Å². The van der Waals surface area contributed by atoms with E-state index in [0.717, 1.165) is 10.0 Å². The molecular weight excluding hydrogens is 394 g/mol. The van der Waals surface area contributed by atoms with Crippen molar-refractivity contribution in [3.8, 4) is 0 Å². The fourth-order valence-electron chi connectivity index (χ4n) is 1.96. The maximum atomic E-state index is 13.8. The molecule has 0 bridgehead atoms. The predicted molar refractivity (Wildman–Crippen MR) is 82.0 cm³/mol. The Balaban J connectivity index is 2.31. The fraction of sp³-hybridized carbons (Fsp3) is 0.143. The van der Waals surface area contributed by atoms with Crippen LogP contribution in [0.4, 0.5) is 8.78 Å². The maximum Gasteiger partial charge on any atom is 0.126 e. The van der Waals surface area contributed by atoms with Gasteiger partial charge in [-0.3, -0.25) is 11.3 Å². The summed E-state index contributed by atoms with van der Waals surface area (Å²) in [6, 6.07) is 8.74. The second kappa shape index (κ2) is 6.76. The first-order valence-corrected chi connectivity index (χ1v) is 7.45. The van der Waals surface area contributed by atoms with Crippen LogP contribution in [-0.2, 0) is 6.42 Å². The number of rotatable bonds is 4. The predicted octanol–water partition coefficient (Wildman–Crippen LogP) is 4.24. The minimum Gasteiger partial charge on any atom is -0.271 e. The Kier molecular flexibility index (Phi) is 5.26. The molecule has 0 aliphatic heterocycles. The molecule has 2 rings (SSSR count). The molecule has 2 aromatic rings. The minimum atomic E-state index is -0.343. The number of benzene rings is 2. The molecule has 3 N–H and O–H groups in total. The molecule has 0 aliphatic rings. The van der Waals surface area contributed by atoms with E-state index in [1.165, 1.54) is 18.2 Å². The fourth-order valence-corrected chi connectivity index (χ4v) is 3.00. The van der Waals surface area contributed by atoms with Crippen LogP contribution in [0.25, 0.3) is 0 Å². The molecule has 2 aromatic carbocycles. The molecule has 0 spiro atoms. The maximum absolute atomic E-state index is 13.8. The Morgan fingerprint density at radius 1 is 1.10 bits per heavy atom. The van der Waals surface area contributed by atoms with Crippen molar-refractivity contribution < 1.29 is 8.78 Å². The Hall–Kier alpha value is -0.820. The third-order valence-corrected chi connectivity index (χ3v) is 4.15. The molecular formula is C14H12Br2F2N2. The lowest BCUT2D eigenvalue weighted by atomic mass is 9.99. The monoisotopic (exact) mass is 404 g/mol. The van der Waals surface area contributed by atoms with Gasteiger partial charge in [-0.1, -0.05) is 37.9 Å². The summed E-state index contributed by atoms with van der Waals surface area (Å²) in [6.07, 6.45) is 0.353. The summed E-state index contributed by atoms with van der Waals surface area (Å²) in [5, 5.41) is 0. The summed E-state index contributed by atoms with van der Waals surface area (Å²) in [5.41, 5.74) is 3.94. The Morgan fingerprint density at radius 3 is 2.50 bits per heavy atom. The number of hydrogen-bond acceptors (Lipinski definition) is 2. The van der Waals surface area contributed by atoms with Gasteiger partial charge in [-0.25, -0.2) is 8.78 Å². The van der Waals surface area contributed by atoms with E-state index >= 15 is 0 Å². The zero-order valence-electron chi connectivity index (χ0n) is 10.3. The quantitative estimate of drug-likeness (QED) is 0.589. The van der Waals surface area contributed by atoms with Gasteiger partial charge in [0.05, 0.1) is 6.04 Å². The largest absolute Gasteiger partial charge is 0.271 e. The Labute approximate surface area is 132 Å². The van der Waals surface area contributed by atoms with Gasteiger partial charge >= 0.3 is 0 Å². The highest BCUT2D eigenvalue weighted by Gasteiger charge is 2.16. The number of nitrogens with two attached hydrogens (primary N) is 1. The van der Waals surface area contributed by atoms with E-state index in [2.05, 4.69) is 37.3 Å². The van der Waals surface area contributed by atoms with Crippen molar-refractivity contribution in [2.75, 3.05) is 0 Å². The zero-order chi connectivity index (χ0) is 14.7. The molecule has 0 heterocycles. The lowest BCUT2D eigenvalue weighted by molar-refractivity contribution is 0.525. The van der Waals surface area contributed by atoms with Crippen LogP contribution < -0.4 is 11.3 Å². The molecule has 0 aromatic heterocycles. The van der Waals surface area contributed by atoms with Gasteiger partial charge in [0.25, 0.3) is 0 Å². The molecule has 0 saturated heterocycles. The van der Waals surface area contributed by atoms with Crippen LogP contribution in [-0.4, -0.2) is 0 Å². The summed E-state index contributed by atoms with van der Waals surface area (Å²) in [7, 11) is 0. The van der Waals surface area contributed by atoms with Crippen molar-refractivity contribution in [1.29, 1.82) is 0 Å². The second-order valence-electron chi connectivity index (χ2n) is 4.32.